The van der Waals surface area contributed by atoms with Gasteiger partial charge in [-0.05, 0) is 24.3 Å². The molecule has 0 saturated carbocycles. The summed E-state index contributed by atoms with van der Waals surface area (Å²) >= 11 is 0. The lowest BCUT2D eigenvalue weighted by Crippen LogP contribution is -2.13. The Labute approximate surface area is 186 Å². The summed E-state index contributed by atoms with van der Waals surface area (Å²) in [6.45, 7) is 1.67. The van der Waals surface area contributed by atoms with E-state index < -0.39 is 12.2 Å². The van der Waals surface area contributed by atoms with Crippen molar-refractivity contribution in [1.29, 1.82) is 0 Å². The van der Waals surface area contributed by atoms with Gasteiger partial charge in [0, 0.05) is 0 Å². The summed E-state index contributed by atoms with van der Waals surface area (Å²) in [5.41, 5.74) is 0. The molecule has 2 amide bonds. The van der Waals surface area contributed by atoms with Crippen molar-refractivity contribution >= 4 is 12.2 Å². The highest BCUT2D eigenvalue weighted by Crippen LogP contribution is 2.08. The van der Waals surface area contributed by atoms with Crippen LogP contribution in [0.5, 0.6) is 11.5 Å². The summed E-state index contributed by atoms with van der Waals surface area (Å²) in [6.07, 6.45) is -2.03. The third-order valence-corrected chi connectivity index (χ3v) is 3.60. The van der Waals surface area contributed by atoms with Gasteiger partial charge < -0.3 is 28.4 Å². The standard InChI is InChI=1S/C22H26N2O8/c25-21(31-17-13-27-11-15-29-19-7-3-1-4-8-19)23-24-22(26)32-18-14-28-12-16-30-20-9-5-2-6-10-20/h1-10H,11-18H2/b24-23+. The van der Waals surface area contributed by atoms with Crippen LogP contribution in [0.1, 0.15) is 0 Å². The van der Waals surface area contributed by atoms with E-state index in [1.165, 1.54) is 0 Å². The van der Waals surface area contributed by atoms with Crippen LogP contribution in [0.25, 0.3) is 0 Å². The monoisotopic (exact) mass is 446 g/mol. The molecule has 0 bridgehead atoms. The maximum Gasteiger partial charge on any atom is 0.452 e. The first-order chi connectivity index (χ1) is 15.7. The molecule has 0 aromatic heterocycles. The van der Waals surface area contributed by atoms with E-state index in [0.717, 1.165) is 11.5 Å². The summed E-state index contributed by atoms with van der Waals surface area (Å²) in [7, 11) is 0. The van der Waals surface area contributed by atoms with Crippen LogP contribution >= 0.6 is 0 Å². The van der Waals surface area contributed by atoms with Gasteiger partial charge >= 0.3 is 12.2 Å². The zero-order valence-electron chi connectivity index (χ0n) is 17.6. The first-order valence-electron chi connectivity index (χ1n) is 10.0. The lowest BCUT2D eigenvalue weighted by Gasteiger charge is -2.07. The second kappa shape index (κ2) is 16.2. The lowest BCUT2D eigenvalue weighted by atomic mass is 10.3. The Bertz CT molecular complexity index is 735. The third-order valence-electron chi connectivity index (χ3n) is 3.60. The van der Waals surface area contributed by atoms with Gasteiger partial charge in [-0.3, -0.25) is 0 Å². The number of ether oxygens (including phenoxy) is 6. The predicted octanol–water partition coefficient (Wildman–Crippen LogP) is 3.90. The van der Waals surface area contributed by atoms with Crippen molar-refractivity contribution < 1.29 is 38.0 Å². The van der Waals surface area contributed by atoms with Crippen LogP contribution in [-0.2, 0) is 18.9 Å². The fourth-order valence-corrected chi connectivity index (χ4v) is 2.19. The Morgan fingerprint density at radius 1 is 0.531 bits per heavy atom. The number of hydrogen-bond acceptors (Lipinski definition) is 8. The molecule has 0 N–H and O–H groups in total. The van der Waals surface area contributed by atoms with Crippen LogP contribution in [-0.4, -0.2) is 65.0 Å². The Balaban J connectivity index is 1.39. The van der Waals surface area contributed by atoms with Gasteiger partial charge in [0.1, 0.15) is 37.9 Å². The summed E-state index contributed by atoms with van der Waals surface area (Å²) in [4.78, 5) is 22.8. The van der Waals surface area contributed by atoms with Crippen molar-refractivity contribution in [2.45, 2.75) is 0 Å². The number of azo groups is 1. The smallest absolute Gasteiger partial charge is 0.452 e. The molecule has 0 heterocycles. The highest BCUT2D eigenvalue weighted by molar-refractivity contribution is 5.73. The highest BCUT2D eigenvalue weighted by atomic mass is 16.6. The van der Waals surface area contributed by atoms with Crippen LogP contribution in [0.4, 0.5) is 9.59 Å². The zero-order valence-corrected chi connectivity index (χ0v) is 17.6. The minimum absolute atomic E-state index is 0.0306. The normalized spacial score (nSPS) is 10.6. The Hall–Kier alpha value is -3.50. The maximum atomic E-state index is 11.4. The molecule has 0 atom stereocenters. The predicted molar refractivity (Wildman–Crippen MR) is 113 cm³/mol. The van der Waals surface area contributed by atoms with E-state index >= 15 is 0 Å². The van der Waals surface area contributed by atoms with E-state index in [1.54, 1.807) is 0 Å². The fourth-order valence-electron chi connectivity index (χ4n) is 2.19. The lowest BCUT2D eigenvalue weighted by molar-refractivity contribution is 0.0577. The second-order valence-corrected chi connectivity index (χ2v) is 5.98. The minimum Gasteiger partial charge on any atom is -0.491 e. The van der Waals surface area contributed by atoms with Gasteiger partial charge in [-0.25, -0.2) is 9.59 Å². The number of rotatable bonds is 14. The average molecular weight is 446 g/mol. The molecule has 0 aliphatic heterocycles. The molecule has 0 spiro atoms. The number of para-hydroxylation sites is 2. The van der Waals surface area contributed by atoms with Crippen molar-refractivity contribution in [2.24, 2.45) is 10.2 Å². The van der Waals surface area contributed by atoms with E-state index in [9.17, 15) is 9.59 Å². The van der Waals surface area contributed by atoms with Crippen LogP contribution in [0.15, 0.2) is 70.9 Å². The van der Waals surface area contributed by atoms with Gasteiger partial charge in [-0.1, -0.05) is 46.6 Å². The molecular weight excluding hydrogens is 420 g/mol. The molecule has 172 valence electrons. The molecule has 10 heteroatoms. The third kappa shape index (κ3) is 12.3. The molecule has 2 aromatic carbocycles. The van der Waals surface area contributed by atoms with E-state index in [4.69, 9.17) is 28.4 Å². The van der Waals surface area contributed by atoms with Gasteiger partial charge in [0.05, 0.1) is 26.4 Å². The molecule has 0 radical (unpaired) electrons. The molecule has 2 aromatic rings. The van der Waals surface area contributed by atoms with Crippen LogP contribution < -0.4 is 9.47 Å². The van der Waals surface area contributed by atoms with E-state index in [-0.39, 0.29) is 26.4 Å². The molecule has 10 nitrogen and oxygen atoms in total. The SMILES string of the molecule is O=C(/N=N/C(=O)OCCOCCOc1ccccc1)OCCOCCOc1ccccc1. The van der Waals surface area contributed by atoms with Crippen molar-refractivity contribution in [2.75, 3.05) is 52.9 Å². The largest absolute Gasteiger partial charge is 0.491 e. The minimum atomic E-state index is -1.01. The molecular formula is C22H26N2O8. The number of benzene rings is 2. The van der Waals surface area contributed by atoms with Gasteiger partial charge in [-0.15, -0.1) is 0 Å². The number of amides is 2. The molecule has 0 aliphatic rings. The quantitative estimate of drug-likeness (QED) is 0.317. The Morgan fingerprint density at radius 3 is 1.31 bits per heavy atom. The van der Waals surface area contributed by atoms with Crippen LogP contribution in [0, 0.1) is 0 Å². The first-order valence-corrected chi connectivity index (χ1v) is 10.0. The van der Waals surface area contributed by atoms with E-state index in [0.29, 0.717) is 26.4 Å². The van der Waals surface area contributed by atoms with Gasteiger partial charge in [0.15, 0.2) is 0 Å². The van der Waals surface area contributed by atoms with Gasteiger partial charge in [-0.2, -0.15) is 0 Å². The summed E-state index contributed by atoms with van der Waals surface area (Å²) in [5, 5.41) is 6.22. The second-order valence-electron chi connectivity index (χ2n) is 5.98. The summed E-state index contributed by atoms with van der Waals surface area (Å²) in [6, 6.07) is 18.6. The molecule has 0 aliphatic carbocycles. The Morgan fingerprint density at radius 2 is 0.906 bits per heavy atom. The van der Waals surface area contributed by atoms with Gasteiger partial charge in [0.25, 0.3) is 0 Å². The van der Waals surface area contributed by atoms with Gasteiger partial charge in [0.2, 0.25) is 0 Å². The van der Waals surface area contributed by atoms with Crippen LogP contribution in [0.2, 0.25) is 0 Å². The number of carbonyl (C=O) groups is 2. The Kier molecular flexibility index (Phi) is 12.6. The topological polar surface area (TPSA) is 114 Å². The van der Waals surface area contributed by atoms with Crippen molar-refractivity contribution in [3.05, 3.63) is 60.7 Å². The first kappa shape index (κ1) is 24.8. The number of hydrogen-bond donors (Lipinski definition) is 0. The van der Waals surface area contributed by atoms with Crippen molar-refractivity contribution in [1.82, 2.24) is 0 Å². The van der Waals surface area contributed by atoms with Crippen molar-refractivity contribution in [3.8, 4) is 11.5 Å². The maximum absolute atomic E-state index is 11.4. The number of nitrogens with zero attached hydrogens (tertiary/aromatic N) is 2. The fraction of sp³-hybridized carbons (Fsp3) is 0.364. The molecule has 0 saturated heterocycles. The molecule has 0 fully saturated rings. The zero-order chi connectivity index (χ0) is 22.7. The van der Waals surface area contributed by atoms with Crippen molar-refractivity contribution in [3.63, 3.8) is 0 Å². The van der Waals surface area contributed by atoms with Crippen LogP contribution in [0.3, 0.4) is 0 Å². The average Bonchev–Trinajstić information content (AvgIpc) is 2.83. The molecule has 32 heavy (non-hydrogen) atoms. The van der Waals surface area contributed by atoms with E-state index in [2.05, 4.69) is 10.2 Å². The highest BCUT2D eigenvalue weighted by Gasteiger charge is 2.04. The molecule has 0 unspecified atom stereocenters. The number of carbonyl (C=O) groups excluding carboxylic acids is 2. The molecule has 2 rings (SSSR count). The van der Waals surface area contributed by atoms with E-state index in [1.807, 2.05) is 60.7 Å². The summed E-state index contributed by atoms with van der Waals surface area (Å²) < 4.78 is 30.9. The summed E-state index contributed by atoms with van der Waals surface area (Å²) in [5.74, 6) is 1.50.